The lowest BCUT2D eigenvalue weighted by Gasteiger charge is -2.31. The highest BCUT2D eigenvalue weighted by Crippen LogP contribution is 2.33. The summed E-state index contributed by atoms with van der Waals surface area (Å²) in [5.74, 6) is 1.41. The highest BCUT2D eigenvalue weighted by atomic mass is 32.2. The predicted octanol–water partition coefficient (Wildman–Crippen LogP) is 3.74. The van der Waals surface area contributed by atoms with Crippen LogP contribution in [0.4, 0.5) is 0 Å². The van der Waals surface area contributed by atoms with Crippen LogP contribution in [0, 0.1) is 5.92 Å². The summed E-state index contributed by atoms with van der Waals surface area (Å²) in [7, 11) is -0.593. The van der Waals surface area contributed by atoms with Crippen LogP contribution in [-0.4, -0.2) is 40.0 Å². The minimum Gasteiger partial charge on any atom is -0.497 e. The van der Waals surface area contributed by atoms with Gasteiger partial charge < -0.3 is 9.47 Å². The molecular weight excluding hydrogens is 362 g/mol. The molecule has 1 saturated heterocycles. The summed E-state index contributed by atoms with van der Waals surface area (Å²) >= 11 is 0. The Kier molecular flexibility index (Phi) is 6.39. The number of rotatable bonds is 7. The molecule has 0 amide bonds. The number of sulfonamides is 1. The maximum absolute atomic E-state index is 13.1. The molecule has 0 saturated carbocycles. The summed E-state index contributed by atoms with van der Waals surface area (Å²) in [6.45, 7) is 1.09. The maximum Gasteiger partial charge on any atom is 0.246 e. The maximum atomic E-state index is 13.1. The number of ether oxygens (including phenoxy) is 2. The molecule has 1 aliphatic rings. The van der Waals surface area contributed by atoms with Crippen LogP contribution in [0.1, 0.15) is 24.8 Å². The smallest absolute Gasteiger partial charge is 0.246 e. The SMILES string of the molecule is COc1ccc(OC)c(S(=O)(=O)N2CCC(CCc3ccccc3)CC2)c1. The summed E-state index contributed by atoms with van der Waals surface area (Å²) in [5, 5.41) is 0. The topological polar surface area (TPSA) is 55.8 Å². The molecule has 0 radical (unpaired) electrons. The van der Waals surface area contributed by atoms with E-state index in [2.05, 4.69) is 24.3 Å². The van der Waals surface area contributed by atoms with Gasteiger partial charge in [0.2, 0.25) is 10.0 Å². The normalized spacial score (nSPS) is 16.2. The molecule has 0 bridgehead atoms. The van der Waals surface area contributed by atoms with Crippen molar-refractivity contribution in [2.75, 3.05) is 27.3 Å². The Hall–Kier alpha value is -2.05. The molecule has 3 rings (SSSR count). The van der Waals surface area contributed by atoms with Crippen molar-refractivity contribution in [3.63, 3.8) is 0 Å². The minimum atomic E-state index is -3.60. The standard InChI is InChI=1S/C21H27NO4S/c1-25-19-10-11-20(26-2)21(16-19)27(23,24)22-14-12-18(13-15-22)9-8-17-6-4-3-5-7-17/h3-7,10-11,16,18H,8-9,12-15H2,1-2H3. The van der Waals surface area contributed by atoms with Crippen molar-refractivity contribution in [2.45, 2.75) is 30.6 Å². The van der Waals surface area contributed by atoms with Crippen molar-refractivity contribution >= 4 is 10.0 Å². The summed E-state index contributed by atoms with van der Waals surface area (Å²) < 4.78 is 38.3. The molecule has 0 atom stereocenters. The zero-order valence-electron chi connectivity index (χ0n) is 15.9. The Balaban J connectivity index is 1.64. The molecule has 0 aromatic heterocycles. The molecule has 27 heavy (non-hydrogen) atoms. The second kappa shape index (κ2) is 8.76. The molecule has 0 unspecified atom stereocenters. The monoisotopic (exact) mass is 389 g/mol. The van der Waals surface area contributed by atoms with Crippen LogP contribution in [-0.2, 0) is 16.4 Å². The summed E-state index contributed by atoms with van der Waals surface area (Å²) in [6.07, 6.45) is 3.92. The molecule has 2 aromatic rings. The summed E-state index contributed by atoms with van der Waals surface area (Å²) in [5.41, 5.74) is 1.34. The summed E-state index contributed by atoms with van der Waals surface area (Å²) in [4.78, 5) is 0.173. The van der Waals surface area contributed by atoms with E-state index in [0.29, 0.717) is 30.5 Å². The van der Waals surface area contributed by atoms with Crippen molar-refractivity contribution in [2.24, 2.45) is 5.92 Å². The Morgan fingerprint density at radius 1 is 1.00 bits per heavy atom. The third-order valence-electron chi connectivity index (χ3n) is 5.25. The van der Waals surface area contributed by atoms with E-state index >= 15 is 0 Å². The van der Waals surface area contributed by atoms with Crippen LogP contribution in [0.3, 0.4) is 0 Å². The van der Waals surface area contributed by atoms with Gasteiger partial charge in [-0.3, -0.25) is 0 Å². The van der Waals surface area contributed by atoms with Gasteiger partial charge in [0.1, 0.15) is 16.4 Å². The van der Waals surface area contributed by atoms with Crippen LogP contribution >= 0.6 is 0 Å². The zero-order chi connectivity index (χ0) is 19.3. The molecule has 0 aliphatic carbocycles. The van der Waals surface area contributed by atoms with E-state index in [0.717, 1.165) is 25.7 Å². The number of hydrogen-bond donors (Lipinski definition) is 0. The van der Waals surface area contributed by atoms with Gasteiger partial charge >= 0.3 is 0 Å². The van der Waals surface area contributed by atoms with E-state index in [4.69, 9.17) is 9.47 Å². The average molecular weight is 390 g/mol. The first-order chi connectivity index (χ1) is 13.0. The lowest BCUT2D eigenvalue weighted by Crippen LogP contribution is -2.38. The van der Waals surface area contributed by atoms with Crippen molar-refractivity contribution in [1.29, 1.82) is 0 Å². The van der Waals surface area contributed by atoms with Gasteiger partial charge in [0.25, 0.3) is 0 Å². The van der Waals surface area contributed by atoms with Crippen molar-refractivity contribution in [1.82, 2.24) is 4.31 Å². The van der Waals surface area contributed by atoms with Gasteiger partial charge in [-0.15, -0.1) is 0 Å². The molecular formula is C21H27NO4S. The number of nitrogens with zero attached hydrogens (tertiary/aromatic N) is 1. The van der Waals surface area contributed by atoms with E-state index in [1.807, 2.05) is 6.07 Å². The first kappa shape index (κ1) is 19.7. The number of piperidine rings is 1. The molecule has 146 valence electrons. The van der Waals surface area contributed by atoms with Crippen molar-refractivity contribution < 1.29 is 17.9 Å². The number of methoxy groups -OCH3 is 2. The highest BCUT2D eigenvalue weighted by Gasteiger charge is 2.31. The van der Waals surface area contributed by atoms with Gasteiger partial charge in [0.05, 0.1) is 14.2 Å². The Bertz CT molecular complexity index is 844. The van der Waals surface area contributed by atoms with Crippen molar-refractivity contribution in [3.8, 4) is 11.5 Å². The molecule has 5 nitrogen and oxygen atoms in total. The molecule has 1 heterocycles. The van der Waals surface area contributed by atoms with E-state index in [-0.39, 0.29) is 4.90 Å². The molecule has 6 heteroatoms. The fraction of sp³-hybridized carbons (Fsp3) is 0.429. The number of benzene rings is 2. The Morgan fingerprint density at radius 3 is 2.33 bits per heavy atom. The average Bonchev–Trinajstić information content (AvgIpc) is 2.72. The van der Waals surface area contributed by atoms with E-state index in [1.165, 1.54) is 25.8 Å². The largest absolute Gasteiger partial charge is 0.497 e. The fourth-order valence-electron chi connectivity index (χ4n) is 3.58. The van der Waals surface area contributed by atoms with Crippen LogP contribution in [0.5, 0.6) is 11.5 Å². The van der Waals surface area contributed by atoms with E-state index in [1.54, 1.807) is 16.4 Å². The summed E-state index contributed by atoms with van der Waals surface area (Å²) in [6, 6.07) is 15.3. The quantitative estimate of drug-likeness (QED) is 0.724. The third-order valence-corrected chi connectivity index (χ3v) is 7.17. The van der Waals surface area contributed by atoms with Crippen molar-refractivity contribution in [3.05, 3.63) is 54.1 Å². The van der Waals surface area contributed by atoms with E-state index in [9.17, 15) is 8.42 Å². The Labute approximate surface area is 162 Å². The lowest BCUT2D eigenvalue weighted by molar-refractivity contribution is 0.263. The number of aryl methyl sites for hydroxylation is 1. The lowest BCUT2D eigenvalue weighted by atomic mass is 9.91. The van der Waals surface area contributed by atoms with Gasteiger partial charge in [-0.1, -0.05) is 30.3 Å². The molecule has 1 fully saturated rings. The minimum absolute atomic E-state index is 0.173. The van der Waals surface area contributed by atoms with Gasteiger partial charge in [0.15, 0.2) is 0 Å². The first-order valence-electron chi connectivity index (χ1n) is 9.30. The molecule has 0 N–H and O–H groups in total. The Morgan fingerprint density at radius 2 is 1.70 bits per heavy atom. The molecule has 1 aliphatic heterocycles. The van der Waals surface area contributed by atoms with Crippen LogP contribution < -0.4 is 9.47 Å². The predicted molar refractivity (Wildman–Crippen MR) is 106 cm³/mol. The van der Waals surface area contributed by atoms with Crippen LogP contribution in [0.15, 0.2) is 53.4 Å². The van der Waals surface area contributed by atoms with Gasteiger partial charge in [0, 0.05) is 19.2 Å². The van der Waals surface area contributed by atoms with Gasteiger partial charge in [-0.2, -0.15) is 4.31 Å². The first-order valence-corrected chi connectivity index (χ1v) is 10.7. The highest BCUT2D eigenvalue weighted by molar-refractivity contribution is 7.89. The zero-order valence-corrected chi connectivity index (χ0v) is 16.7. The molecule has 2 aromatic carbocycles. The second-order valence-electron chi connectivity index (χ2n) is 6.89. The second-order valence-corrected chi connectivity index (χ2v) is 8.79. The fourth-order valence-corrected chi connectivity index (χ4v) is 5.22. The van der Waals surface area contributed by atoms with Crippen LogP contribution in [0.25, 0.3) is 0 Å². The number of hydrogen-bond acceptors (Lipinski definition) is 4. The molecule has 0 spiro atoms. The van der Waals surface area contributed by atoms with Crippen LogP contribution in [0.2, 0.25) is 0 Å². The third kappa shape index (κ3) is 4.62. The van der Waals surface area contributed by atoms with E-state index < -0.39 is 10.0 Å². The van der Waals surface area contributed by atoms with Gasteiger partial charge in [-0.05, 0) is 49.3 Å². The van der Waals surface area contributed by atoms with Gasteiger partial charge in [-0.25, -0.2) is 8.42 Å².